The van der Waals surface area contributed by atoms with Crippen molar-refractivity contribution in [2.45, 2.75) is 71.4 Å². The number of carbonyl (C=O) groups excluding carboxylic acids is 1. The van der Waals surface area contributed by atoms with Gasteiger partial charge in [-0.1, -0.05) is 43.7 Å². The first-order valence-electron chi connectivity index (χ1n) is 18.6. The van der Waals surface area contributed by atoms with Crippen LogP contribution in [0.1, 0.15) is 59.3 Å². The first kappa shape index (κ1) is 38.9. The summed E-state index contributed by atoms with van der Waals surface area (Å²) in [6.07, 6.45) is 23.4. The molecule has 0 aromatic carbocycles. The number of carbonyl (C=O) groups is 1. The summed E-state index contributed by atoms with van der Waals surface area (Å²) >= 11 is 0. The zero-order valence-corrected chi connectivity index (χ0v) is 30.9. The number of aromatic nitrogens is 1. The lowest BCUT2D eigenvalue weighted by Gasteiger charge is -2.35. The van der Waals surface area contributed by atoms with Crippen LogP contribution in [0.2, 0.25) is 0 Å². The van der Waals surface area contributed by atoms with Gasteiger partial charge < -0.3 is 30.5 Å². The van der Waals surface area contributed by atoms with E-state index in [1.54, 1.807) is 6.20 Å². The number of likely N-dealkylation sites (N-methyl/N-ethyl adjacent to an activating group) is 2. The predicted octanol–water partition coefficient (Wildman–Crippen LogP) is 5.52. The number of allylic oxidation sites excluding steroid dienone is 5. The van der Waals surface area contributed by atoms with Crippen molar-refractivity contribution in [3.05, 3.63) is 77.8 Å². The zero-order chi connectivity index (χ0) is 35.6. The van der Waals surface area contributed by atoms with Gasteiger partial charge in [-0.25, -0.2) is 4.98 Å². The molecule has 1 aromatic heterocycles. The highest BCUT2D eigenvalue weighted by Gasteiger charge is 2.22. The van der Waals surface area contributed by atoms with Crippen LogP contribution in [-0.2, 0) is 4.79 Å². The molecule has 4 N–H and O–H groups in total. The molecule has 1 saturated heterocycles. The topological polar surface area (TPSA) is 109 Å². The number of piperidine rings is 1. The van der Waals surface area contributed by atoms with Crippen molar-refractivity contribution in [3.63, 3.8) is 0 Å². The minimum absolute atomic E-state index is 0.254. The van der Waals surface area contributed by atoms with Crippen molar-refractivity contribution in [2.24, 2.45) is 21.8 Å². The van der Waals surface area contributed by atoms with Gasteiger partial charge in [0.25, 0.3) is 0 Å². The third kappa shape index (κ3) is 12.8. The lowest BCUT2D eigenvalue weighted by molar-refractivity contribution is -0.107. The Kier molecular flexibility index (Phi) is 16.6. The smallest absolute Gasteiger partial charge is 0.128 e. The fraction of sp³-hybridized carbons (Fsp3) is 0.550. The third-order valence-corrected chi connectivity index (χ3v) is 9.95. The summed E-state index contributed by atoms with van der Waals surface area (Å²) in [5.41, 5.74) is 5.84. The van der Waals surface area contributed by atoms with Gasteiger partial charge in [0.1, 0.15) is 12.1 Å². The molecule has 0 saturated carbocycles. The van der Waals surface area contributed by atoms with Crippen molar-refractivity contribution in [3.8, 4) is 0 Å². The van der Waals surface area contributed by atoms with Gasteiger partial charge in [0.05, 0.1) is 24.3 Å². The van der Waals surface area contributed by atoms with Crippen LogP contribution in [0.4, 0.5) is 11.5 Å². The van der Waals surface area contributed by atoms with E-state index in [1.807, 2.05) is 19.3 Å². The first-order chi connectivity index (χ1) is 24.4. The molecular weight excluding hydrogens is 623 g/mol. The number of aliphatic imine (C=N–C) groups is 2. The standard InChI is InChI=1S/C40H61N9O/c1-6-48(29-33-18-22-49(23-19-33)40-16-15-38(28-44-40)47-32(3)8-7-25-50)24-21-43-36-11-13-37(14-12-36)45-30-46-39(17-20-41-4)34-9-10-35(27-42-5)31(2)26-34/h9-13,15-17,20,25,28,31-33,37,42-43,45,47H,4,6-8,14,18-19,21-24,26-27,29-30H2,1-3,5H3/b20-17-,46-39+. The Bertz CT molecular complexity index is 1390. The van der Waals surface area contributed by atoms with Crippen molar-refractivity contribution in [1.29, 1.82) is 0 Å². The molecule has 0 spiro atoms. The van der Waals surface area contributed by atoms with Gasteiger partial charge in [0.15, 0.2) is 0 Å². The molecule has 2 aliphatic carbocycles. The molecule has 3 aliphatic rings. The Balaban J connectivity index is 1.14. The van der Waals surface area contributed by atoms with E-state index < -0.39 is 0 Å². The molecule has 50 heavy (non-hydrogen) atoms. The minimum Gasteiger partial charge on any atom is -0.384 e. The van der Waals surface area contributed by atoms with Gasteiger partial charge >= 0.3 is 0 Å². The van der Waals surface area contributed by atoms with Crippen LogP contribution in [0.3, 0.4) is 0 Å². The SMILES string of the molecule is C=N/C=C\C(=N/CNC1C=CC(NCCN(CC)CC2CCN(c3ccc(NC(C)CCC=O)cn3)CC2)=CC1)C1=CC=C(CNC)C(C)C1. The van der Waals surface area contributed by atoms with E-state index in [2.05, 4.69) is 106 Å². The molecule has 0 radical (unpaired) electrons. The van der Waals surface area contributed by atoms with E-state index in [9.17, 15) is 4.79 Å². The molecular formula is C40H61N9O. The number of hydrogen-bond acceptors (Lipinski definition) is 10. The van der Waals surface area contributed by atoms with E-state index in [0.717, 1.165) is 88.6 Å². The molecule has 3 unspecified atom stereocenters. The van der Waals surface area contributed by atoms with Crippen LogP contribution in [0.15, 0.2) is 87.8 Å². The highest BCUT2D eigenvalue weighted by atomic mass is 16.1. The summed E-state index contributed by atoms with van der Waals surface area (Å²) in [5.74, 6) is 2.25. The fourth-order valence-corrected chi connectivity index (χ4v) is 6.84. The van der Waals surface area contributed by atoms with E-state index in [1.165, 1.54) is 29.7 Å². The maximum Gasteiger partial charge on any atom is 0.128 e. The van der Waals surface area contributed by atoms with Crippen LogP contribution >= 0.6 is 0 Å². The lowest BCUT2D eigenvalue weighted by atomic mass is 9.86. The molecule has 10 nitrogen and oxygen atoms in total. The normalized spacial score (nSPS) is 20.8. The van der Waals surface area contributed by atoms with Gasteiger partial charge in [-0.15, -0.1) is 0 Å². The number of hydrogen-bond donors (Lipinski definition) is 4. The number of nitrogens with zero attached hydrogens (tertiary/aromatic N) is 5. The predicted molar refractivity (Wildman–Crippen MR) is 211 cm³/mol. The third-order valence-electron chi connectivity index (χ3n) is 9.95. The maximum absolute atomic E-state index is 10.6. The number of pyridine rings is 1. The molecule has 10 heteroatoms. The zero-order valence-electron chi connectivity index (χ0n) is 30.9. The van der Waals surface area contributed by atoms with E-state index in [4.69, 9.17) is 9.98 Å². The van der Waals surface area contributed by atoms with Crippen LogP contribution < -0.4 is 26.2 Å². The highest BCUT2D eigenvalue weighted by Crippen LogP contribution is 2.26. The Morgan fingerprint density at radius 3 is 2.74 bits per heavy atom. The van der Waals surface area contributed by atoms with Crippen molar-refractivity contribution >= 4 is 30.2 Å². The molecule has 3 atom stereocenters. The molecule has 272 valence electrons. The first-order valence-corrected chi connectivity index (χ1v) is 18.6. The summed E-state index contributed by atoms with van der Waals surface area (Å²) in [6, 6.07) is 4.74. The monoisotopic (exact) mass is 683 g/mol. The van der Waals surface area contributed by atoms with E-state index in [0.29, 0.717) is 24.9 Å². The number of anilines is 2. The number of rotatable bonds is 21. The van der Waals surface area contributed by atoms with E-state index >= 15 is 0 Å². The van der Waals surface area contributed by atoms with E-state index in [-0.39, 0.29) is 12.1 Å². The number of aldehydes is 1. The highest BCUT2D eigenvalue weighted by molar-refractivity contribution is 6.08. The second kappa shape index (κ2) is 21.4. The molecule has 4 rings (SSSR count). The average Bonchev–Trinajstić information content (AvgIpc) is 3.14. The van der Waals surface area contributed by atoms with Gasteiger partial charge in [-0.3, -0.25) is 15.3 Å². The maximum atomic E-state index is 10.6. The van der Waals surface area contributed by atoms with Crippen LogP contribution in [0, 0.1) is 11.8 Å². The minimum atomic E-state index is 0.254. The lowest BCUT2D eigenvalue weighted by Crippen LogP contribution is -2.41. The van der Waals surface area contributed by atoms with Gasteiger partial charge in [0.2, 0.25) is 0 Å². The Morgan fingerprint density at radius 1 is 1.24 bits per heavy atom. The average molecular weight is 684 g/mol. The summed E-state index contributed by atoms with van der Waals surface area (Å²) in [7, 11) is 1.99. The van der Waals surface area contributed by atoms with Crippen molar-refractivity contribution in [1.82, 2.24) is 25.8 Å². The summed E-state index contributed by atoms with van der Waals surface area (Å²) < 4.78 is 0. The Labute approximate surface area is 301 Å². The number of nitrogens with one attached hydrogen (secondary N) is 4. The van der Waals surface area contributed by atoms with Crippen LogP contribution in [-0.4, -0.2) is 100 Å². The molecule has 1 fully saturated rings. The molecule has 0 bridgehead atoms. The molecule has 1 aliphatic heterocycles. The quantitative estimate of drug-likeness (QED) is 0.0992. The molecule has 0 amide bonds. The second-order valence-electron chi connectivity index (χ2n) is 13.8. The van der Waals surface area contributed by atoms with Crippen molar-refractivity contribution < 1.29 is 4.79 Å². The van der Waals surface area contributed by atoms with Crippen LogP contribution in [0.5, 0.6) is 0 Å². The fourth-order valence-electron chi connectivity index (χ4n) is 6.84. The molecule has 2 heterocycles. The Morgan fingerprint density at radius 2 is 2.08 bits per heavy atom. The van der Waals surface area contributed by atoms with Crippen molar-refractivity contribution in [2.75, 3.05) is 69.7 Å². The summed E-state index contributed by atoms with van der Waals surface area (Å²) in [4.78, 5) is 29.2. The van der Waals surface area contributed by atoms with Gasteiger partial charge in [-0.05, 0) is 101 Å². The summed E-state index contributed by atoms with van der Waals surface area (Å²) in [5, 5.41) is 13.9. The molecule has 1 aromatic rings. The van der Waals surface area contributed by atoms with Gasteiger partial charge in [0, 0.05) is 69.7 Å². The van der Waals surface area contributed by atoms with Gasteiger partial charge in [-0.2, -0.15) is 0 Å². The van der Waals surface area contributed by atoms with Crippen LogP contribution in [0.25, 0.3) is 0 Å². The Hall–Kier alpha value is -3.86. The summed E-state index contributed by atoms with van der Waals surface area (Å²) in [6.45, 7) is 18.0. The largest absolute Gasteiger partial charge is 0.384 e. The second-order valence-corrected chi connectivity index (χ2v) is 13.8.